The number of aromatic nitrogens is 2. The molecule has 1 atom stereocenters. The predicted octanol–water partition coefficient (Wildman–Crippen LogP) is 1.21. The van der Waals surface area contributed by atoms with Gasteiger partial charge >= 0.3 is 0 Å². The summed E-state index contributed by atoms with van der Waals surface area (Å²) in [6, 6.07) is 0.573. The number of hydrogen-bond acceptors (Lipinski definition) is 6. The maximum absolute atomic E-state index is 5.87. The molecule has 1 aromatic rings. The average molecular weight is 253 g/mol. The van der Waals surface area contributed by atoms with Crippen LogP contribution in [0.25, 0.3) is 0 Å². The van der Waals surface area contributed by atoms with Crippen molar-refractivity contribution in [3.63, 3.8) is 0 Å². The van der Waals surface area contributed by atoms with Gasteiger partial charge in [-0.1, -0.05) is 6.92 Å². The van der Waals surface area contributed by atoms with Crippen LogP contribution in [-0.2, 0) is 0 Å². The van der Waals surface area contributed by atoms with E-state index in [9.17, 15) is 0 Å². The van der Waals surface area contributed by atoms with Crippen LogP contribution in [0.5, 0.6) is 5.88 Å². The zero-order chi connectivity index (χ0) is 13.5. The van der Waals surface area contributed by atoms with Crippen LogP contribution in [0.4, 0.5) is 11.5 Å². The number of nitrogen functional groups attached to an aromatic ring is 1. The Bertz CT molecular complexity index is 371. The zero-order valence-electron chi connectivity index (χ0n) is 11.6. The third-order valence-electron chi connectivity index (χ3n) is 3.14. The van der Waals surface area contributed by atoms with Crippen LogP contribution in [0.15, 0.2) is 6.33 Å². The third-order valence-corrected chi connectivity index (χ3v) is 3.14. The summed E-state index contributed by atoms with van der Waals surface area (Å²) in [5, 5.41) is 3.20. The van der Waals surface area contributed by atoms with E-state index < -0.39 is 0 Å². The van der Waals surface area contributed by atoms with Gasteiger partial charge in [-0.3, -0.25) is 0 Å². The van der Waals surface area contributed by atoms with Crippen LogP contribution < -0.4 is 15.8 Å². The molecule has 18 heavy (non-hydrogen) atoms. The molecule has 3 N–H and O–H groups in total. The minimum Gasteiger partial charge on any atom is -0.479 e. The quantitative estimate of drug-likeness (QED) is 0.760. The van der Waals surface area contributed by atoms with E-state index in [1.165, 1.54) is 6.33 Å². The van der Waals surface area contributed by atoms with Gasteiger partial charge in [0.1, 0.15) is 12.0 Å². The number of nitrogens with two attached hydrogens (primary N) is 1. The Hall–Kier alpha value is -1.56. The normalized spacial score (nSPS) is 12.5. The first-order valence-corrected chi connectivity index (χ1v) is 6.18. The van der Waals surface area contributed by atoms with Crippen LogP contribution in [0.2, 0.25) is 0 Å². The number of rotatable bonds is 7. The number of methoxy groups -OCH3 is 1. The average Bonchev–Trinajstić information content (AvgIpc) is 2.39. The van der Waals surface area contributed by atoms with Gasteiger partial charge in [0.25, 0.3) is 0 Å². The fourth-order valence-corrected chi connectivity index (χ4v) is 1.57. The molecule has 0 aliphatic rings. The highest BCUT2D eigenvalue weighted by atomic mass is 16.5. The van der Waals surface area contributed by atoms with Crippen molar-refractivity contribution in [2.45, 2.75) is 26.3 Å². The molecule has 102 valence electrons. The molecule has 1 unspecified atom stereocenters. The molecule has 6 heteroatoms. The first kappa shape index (κ1) is 14.5. The number of likely N-dealkylation sites (N-methyl/N-ethyl adjacent to an activating group) is 1. The highest BCUT2D eigenvalue weighted by molar-refractivity contribution is 5.66. The highest BCUT2D eigenvalue weighted by Crippen LogP contribution is 2.23. The molecule has 0 bridgehead atoms. The second kappa shape index (κ2) is 7.00. The maximum Gasteiger partial charge on any atom is 0.242 e. The van der Waals surface area contributed by atoms with E-state index in [2.05, 4.69) is 41.1 Å². The Kier molecular flexibility index (Phi) is 5.64. The van der Waals surface area contributed by atoms with Gasteiger partial charge in [0.05, 0.1) is 7.11 Å². The van der Waals surface area contributed by atoms with E-state index in [0.717, 1.165) is 19.5 Å². The Morgan fingerprint density at radius 1 is 1.50 bits per heavy atom. The van der Waals surface area contributed by atoms with E-state index in [-0.39, 0.29) is 0 Å². The molecule has 0 saturated heterocycles. The third kappa shape index (κ3) is 3.73. The van der Waals surface area contributed by atoms with E-state index in [1.54, 1.807) is 7.11 Å². The molecule has 0 spiro atoms. The summed E-state index contributed by atoms with van der Waals surface area (Å²) in [5.74, 6) is 1.03. The van der Waals surface area contributed by atoms with Crippen molar-refractivity contribution in [2.24, 2.45) is 0 Å². The molecule has 0 aliphatic carbocycles. The molecule has 1 rings (SSSR count). The first-order valence-electron chi connectivity index (χ1n) is 6.18. The number of nitrogens with one attached hydrogen (secondary N) is 1. The Morgan fingerprint density at radius 3 is 2.83 bits per heavy atom. The zero-order valence-corrected chi connectivity index (χ0v) is 11.6. The smallest absolute Gasteiger partial charge is 0.242 e. The lowest BCUT2D eigenvalue weighted by Crippen LogP contribution is -2.32. The summed E-state index contributed by atoms with van der Waals surface area (Å²) >= 11 is 0. The van der Waals surface area contributed by atoms with E-state index >= 15 is 0 Å². The molecular formula is C12H23N5O. The molecule has 1 heterocycles. The summed E-state index contributed by atoms with van der Waals surface area (Å²) in [6.45, 7) is 6.11. The molecule has 1 aromatic heterocycles. The molecule has 0 amide bonds. The monoisotopic (exact) mass is 253 g/mol. The maximum atomic E-state index is 5.87. The van der Waals surface area contributed by atoms with Crippen molar-refractivity contribution in [2.75, 3.05) is 38.3 Å². The summed E-state index contributed by atoms with van der Waals surface area (Å²) in [4.78, 5) is 10.3. The fourth-order valence-electron chi connectivity index (χ4n) is 1.57. The van der Waals surface area contributed by atoms with Crippen molar-refractivity contribution in [1.82, 2.24) is 14.9 Å². The summed E-state index contributed by atoms with van der Waals surface area (Å²) in [6.07, 6.45) is 2.58. The van der Waals surface area contributed by atoms with Crippen LogP contribution in [-0.4, -0.2) is 48.2 Å². The minimum atomic E-state index is 0.405. The summed E-state index contributed by atoms with van der Waals surface area (Å²) < 4.78 is 5.04. The van der Waals surface area contributed by atoms with Gasteiger partial charge in [0.2, 0.25) is 5.88 Å². The van der Waals surface area contributed by atoms with E-state index in [1.807, 2.05) is 0 Å². The lowest BCUT2D eigenvalue weighted by molar-refractivity contribution is 0.261. The molecule has 6 nitrogen and oxygen atoms in total. The molecular weight excluding hydrogens is 230 g/mol. The van der Waals surface area contributed by atoms with Crippen LogP contribution in [0.1, 0.15) is 20.3 Å². The van der Waals surface area contributed by atoms with Gasteiger partial charge in [-0.25, -0.2) is 4.98 Å². The van der Waals surface area contributed by atoms with Crippen molar-refractivity contribution in [1.29, 1.82) is 0 Å². The SMILES string of the molecule is CCC(C)N(C)CCNc1ncnc(OC)c1N. The standard InChI is InChI=1S/C12H23N5O/c1-5-9(2)17(3)7-6-14-11-10(13)12(18-4)16-8-15-11/h8-9H,5-7,13H2,1-4H3,(H,14,15,16). The van der Waals surface area contributed by atoms with Gasteiger partial charge in [-0.05, 0) is 20.4 Å². The first-order chi connectivity index (χ1) is 8.60. The molecule has 0 aromatic carbocycles. The van der Waals surface area contributed by atoms with Gasteiger partial charge in [-0.2, -0.15) is 4.98 Å². The molecule has 0 radical (unpaired) electrons. The highest BCUT2D eigenvalue weighted by Gasteiger charge is 2.09. The van der Waals surface area contributed by atoms with E-state index in [4.69, 9.17) is 10.5 Å². The Balaban J connectivity index is 2.49. The second-order valence-corrected chi connectivity index (χ2v) is 4.31. The topological polar surface area (TPSA) is 76.3 Å². The number of anilines is 2. The van der Waals surface area contributed by atoms with Gasteiger partial charge in [0, 0.05) is 19.1 Å². The van der Waals surface area contributed by atoms with Crippen molar-refractivity contribution >= 4 is 11.5 Å². The van der Waals surface area contributed by atoms with Crippen LogP contribution in [0, 0.1) is 0 Å². The number of nitrogens with zero attached hydrogens (tertiary/aromatic N) is 3. The largest absolute Gasteiger partial charge is 0.479 e. The molecule has 0 fully saturated rings. The van der Waals surface area contributed by atoms with Crippen LogP contribution >= 0.6 is 0 Å². The van der Waals surface area contributed by atoms with E-state index in [0.29, 0.717) is 23.4 Å². The van der Waals surface area contributed by atoms with Crippen molar-refractivity contribution in [3.05, 3.63) is 6.33 Å². The molecule has 0 aliphatic heterocycles. The van der Waals surface area contributed by atoms with Gasteiger partial charge in [-0.15, -0.1) is 0 Å². The summed E-state index contributed by atoms with van der Waals surface area (Å²) in [5.41, 5.74) is 6.32. The summed E-state index contributed by atoms with van der Waals surface area (Å²) in [7, 11) is 3.65. The lowest BCUT2D eigenvalue weighted by Gasteiger charge is -2.23. The number of hydrogen-bond donors (Lipinski definition) is 2. The Labute approximate surface area is 109 Å². The Morgan fingerprint density at radius 2 is 2.22 bits per heavy atom. The van der Waals surface area contributed by atoms with Gasteiger partial charge < -0.3 is 20.7 Å². The van der Waals surface area contributed by atoms with Gasteiger partial charge in [0.15, 0.2) is 5.82 Å². The van der Waals surface area contributed by atoms with Crippen molar-refractivity contribution in [3.8, 4) is 5.88 Å². The van der Waals surface area contributed by atoms with Crippen molar-refractivity contribution < 1.29 is 4.74 Å². The predicted molar refractivity (Wildman–Crippen MR) is 73.9 cm³/mol. The molecule has 0 saturated carbocycles. The fraction of sp³-hybridized carbons (Fsp3) is 0.667. The minimum absolute atomic E-state index is 0.405. The lowest BCUT2D eigenvalue weighted by atomic mass is 10.2. The number of ether oxygens (including phenoxy) is 1. The van der Waals surface area contributed by atoms with Crippen LogP contribution in [0.3, 0.4) is 0 Å². The second-order valence-electron chi connectivity index (χ2n) is 4.31.